The molecule has 1 aliphatic rings. The van der Waals surface area contributed by atoms with Crippen LogP contribution in [-0.4, -0.2) is 41.5 Å². The third kappa shape index (κ3) is 4.90. The van der Waals surface area contributed by atoms with E-state index in [9.17, 15) is 0 Å². The maximum Gasteiger partial charge on any atom is 0.132 e. The first kappa shape index (κ1) is 22.4. The Morgan fingerprint density at radius 3 is 2.59 bits per heavy atom. The average molecular weight is 473 g/mol. The summed E-state index contributed by atoms with van der Waals surface area (Å²) >= 11 is 5.85. The number of thiocarbonyl (C=S) groups is 1. The molecule has 174 valence electrons. The summed E-state index contributed by atoms with van der Waals surface area (Å²) in [5, 5.41) is 12.1. The van der Waals surface area contributed by atoms with Crippen LogP contribution < -0.4 is 15.0 Å². The molecule has 5 rings (SSSR count). The molecule has 34 heavy (non-hydrogen) atoms. The van der Waals surface area contributed by atoms with Crippen molar-refractivity contribution >= 4 is 39.5 Å². The van der Waals surface area contributed by atoms with Crippen molar-refractivity contribution in [3.05, 3.63) is 83.6 Å². The molecule has 0 spiro atoms. The third-order valence-corrected chi connectivity index (χ3v) is 6.39. The van der Waals surface area contributed by atoms with Gasteiger partial charge in [0.25, 0.3) is 0 Å². The van der Waals surface area contributed by atoms with Crippen LogP contribution in [-0.2, 0) is 17.8 Å². The number of anilines is 2. The molecular formula is C27H28N4O2S. The number of morpholine rings is 1. The van der Waals surface area contributed by atoms with E-state index in [2.05, 4.69) is 69.8 Å². The minimum Gasteiger partial charge on any atom is -0.488 e. The monoisotopic (exact) mass is 472 g/mol. The summed E-state index contributed by atoms with van der Waals surface area (Å²) in [4.78, 5) is 2.95. The Bertz CT molecular complexity index is 1270. The number of H-pyrrole nitrogens is 1. The van der Waals surface area contributed by atoms with Gasteiger partial charge in [-0.1, -0.05) is 49.5 Å². The highest BCUT2D eigenvalue weighted by Crippen LogP contribution is 2.29. The largest absolute Gasteiger partial charge is 0.488 e. The Hall–Kier alpha value is -3.42. The topological polar surface area (TPSA) is 62.4 Å². The van der Waals surface area contributed by atoms with Crippen molar-refractivity contribution in [3.63, 3.8) is 0 Å². The standard InChI is InChI=1S/C27H28N4O2S/c1-2-24-22-16-23(26(17-25(22)30-29-24)33-18-19-6-4-3-5-7-19)27(34)28-20-8-10-21(11-9-20)31-12-14-32-15-13-31/h3-11,16-17H,2,12-15,18H2,1H3,(H,28,34)(H,29,30). The summed E-state index contributed by atoms with van der Waals surface area (Å²) < 4.78 is 11.7. The van der Waals surface area contributed by atoms with Gasteiger partial charge in [-0.25, -0.2) is 0 Å². The van der Waals surface area contributed by atoms with Crippen molar-refractivity contribution < 1.29 is 9.47 Å². The number of aromatic nitrogens is 2. The van der Waals surface area contributed by atoms with Crippen molar-refractivity contribution in [3.8, 4) is 5.75 Å². The van der Waals surface area contributed by atoms with E-state index in [1.807, 2.05) is 24.3 Å². The summed E-state index contributed by atoms with van der Waals surface area (Å²) in [7, 11) is 0. The van der Waals surface area contributed by atoms with E-state index >= 15 is 0 Å². The zero-order valence-electron chi connectivity index (χ0n) is 19.2. The normalized spacial score (nSPS) is 13.7. The minimum absolute atomic E-state index is 0.460. The molecule has 0 aliphatic carbocycles. The number of aromatic amines is 1. The van der Waals surface area contributed by atoms with Gasteiger partial charge in [-0.15, -0.1) is 0 Å². The molecule has 0 atom stereocenters. The Kier molecular flexibility index (Phi) is 6.74. The summed E-state index contributed by atoms with van der Waals surface area (Å²) in [6, 6.07) is 22.5. The molecule has 7 heteroatoms. The molecule has 0 saturated carbocycles. The zero-order valence-corrected chi connectivity index (χ0v) is 20.0. The van der Waals surface area contributed by atoms with Crippen LogP contribution >= 0.6 is 12.2 Å². The summed E-state index contributed by atoms with van der Waals surface area (Å²) in [5.74, 6) is 0.716. The molecule has 1 aromatic heterocycles. The van der Waals surface area contributed by atoms with Crippen LogP contribution in [0.4, 0.5) is 11.4 Å². The van der Waals surface area contributed by atoms with Crippen LogP contribution in [0.2, 0.25) is 0 Å². The van der Waals surface area contributed by atoms with E-state index in [0.29, 0.717) is 17.3 Å². The number of rotatable bonds is 7. The van der Waals surface area contributed by atoms with Crippen molar-refractivity contribution in [2.24, 2.45) is 0 Å². The lowest BCUT2D eigenvalue weighted by Gasteiger charge is -2.29. The second-order valence-corrected chi connectivity index (χ2v) is 8.70. The molecule has 0 amide bonds. The van der Waals surface area contributed by atoms with Gasteiger partial charge in [-0.3, -0.25) is 5.10 Å². The van der Waals surface area contributed by atoms with Crippen LogP contribution in [0.1, 0.15) is 23.7 Å². The molecule has 0 bridgehead atoms. The third-order valence-electron chi connectivity index (χ3n) is 6.07. The van der Waals surface area contributed by atoms with Crippen LogP contribution in [0.25, 0.3) is 10.9 Å². The fourth-order valence-corrected chi connectivity index (χ4v) is 4.45. The minimum atomic E-state index is 0.460. The van der Waals surface area contributed by atoms with E-state index < -0.39 is 0 Å². The fraction of sp³-hybridized carbons (Fsp3) is 0.259. The number of benzene rings is 3. The first-order chi connectivity index (χ1) is 16.7. The molecule has 1 fully saturated rings. The van der Waals surface area contributed by atoms with E-state index in [-0.39, 0.29) is 0 Å². The summed E-state index contributed by atoms with van der Waals surface area (Å²) in [5.41, 5.74) is 6.05. The van der Waals surface area contributed by atoms with Crippen LogP contribution in [0, 0.1) is 0 Å². The van der Waals surface area contributed by atoms with Crippen LogP contribution in [0.5, 0.6) is 5.75 Å². The van der Waals surface area contributed by atoms with E-state index in [0.717, 1.165) is 66.1 Å². The van der Waals surface area contributed by atoms with Crippen molar-refractivity contribution in [1.29, 1.82) is 0 Å². The molecular weight excluding hydrogens is 444 g/mol. The number of nitrogens with one attached hydrogen (secondary N) is 2. The number of aryl methyl sites for hydroxylation is 1. The highest BCUT2D eigenvalue weighted by molar-refractivity contribution is 7.81. The number of hydrogen-bond donors (Lipinski definition) is 2. The zero-order chi connectivity index (χ0) is 23.3. The molecule has 2 heterocycles. The van der Waals surface area contributed by atoms with Gasteiger partial charge in [0.2, 0.25) is 0 Å². The fourth-order valence-electron chi connectivity index (χ4n) is 4.17. The maximum absolute atomic E-state index is 6.23. The molecule has 0 unspecified atom stereocenters. The highest BCUT2D eigenvalue weighted by Gasteiger charge is 2.16. The number of hydrogen-bond acceptors (Lipinski definition) is 5. The lowest BCUT2D eigenvalue weighted by Crippen LogP contribution is -2.36. The number of fused-ring (bicyclic) bond motifs is 1. The quantitative estimate of drug-likeness (QED) is 0.355. The molecule has 3 aromatic carbocycles. The van der Waals surface area contributed by atoms with Crippen molar-refractivity contribution in [1.82, 2.24) is 10.2 Å². The van der Waals surface area contributed by atoms with Crippen molar-refractivity contribution in [2.75, 3.05) is 36.5 Å². The first-order valence-corrected chi connectivity index (χ1v) is 12.0. The Balaban J connectivity index is 1.39. The second-order valence-electron chi connectivity index (χ2n) is 8.30. The lowest BCUT2D eigenvalue weighted by atomic mass is 10.1. The average Bonchev–Trinajstić information content (AvgIpc) is 3.30. The molecule has 6 nitrogen and oxygen atoms in total. The lowest BCUT2D eigenvalue weighted by molar-refractivity contribution is 0.122. The van der Waals surface area contributed by atoms with Gasteiger partial charge in [0.1, 0.15) is 17.3 Å². The Labute approximate surface area is 204 Å². The Morgan fingerprint density at radius 2 is 1.85 bits per heavy atom. The molecule has 1 saturated heterocycles. The summed E-state index contributed by atoms with van der Waals surface area (Å²) in [6.07, 6.45) is 0.864. The van der Waals surface area contributed by atoms with E-state index in [4.69, 9.17) is 21.7 Å². The predicted octanol–water partition coefficient (Wildman–Crippen LogP) is 5.33. The van der Waals surface area contributed by atoms with Gasteiger partial charge < -0.3 is 19.7 Å². The van der Waals surface area contributed by atoms with Gasteiger partial charge in [-0.2, -0.15) is 5.10 Å². The van der Waals surface area contributed by atoms with Crippen LogP contribution in [0.3, 0.4) is 0 Å². The van der Waals surface area contributed by atoms with Crippen LogP contribution in [0.15, 0.2) is 66.7 Å². The molecule has 2 N–H and O–H groups in total. The highest BCUT2D eigenvalue weighted by atomic mass is 32.1. The van der Waals surface area contributed by atoms with Gasteiger partial charge in [-0.05, 0) is 42.3 Å². The van der Waals surface area contributed by atoms with Gasteiger partial charge in [0.05, 0.1) is 24.3 Å². The smallest absolute Gasteiger partial charge is 0.132 e. The SMILES string of the molecule is CCc1[nH]nc2cc(OCc3ccccc3)c(C(=S)Nc3ccc(N4CCOCC4)cc3)cc12. The van der Waals surface area contributed by atoms with Crippen molar-refractivity contribution in [2.45, 2.75) is 20.0 Å². The maximum atomic E-state index is 6.23. The first-order valence-electron chi connectivity index (χ1n) is 11.6. The predicted molar refractivity (Wildman–Crippen MR) is 141 cm³/mol. The summed E-state index contributed by atoms with van der Waals surface area (Å²) in [6.45, 7) is 5.94. The van der Waals surface area contributed by atoms with E-state index in [1.165, 1.54) is 5.69 Å². The van der Waals surface area contributed by atoms with E-state index in [1.54, 1.807) is 0 Å². The number of nitrogens with zero attached hydrogens (tertiary/aromatic N) is 2. The number of ether oxygens (including phenoxy) is 2. The van der Waals surface area contributed by atoms with Gasteiger partial charge >= 0.3 is 0 Å². The molecule has 4 aromatic rings. The second kappa shape index (κ2) is 10.2. The van der Waals surface area contributed by atoms with Gasteiger partial charge in [0, 0.05) is 41.6 Å². The molecule has 0 radical (unpaired) electrons. The van der Waals surface area contributed by atoms with Gasteiger partial charge in [0.15, 0.2) is 0 Å². The molecule has 1 aliphatic heterocycles. The Morgan fingerprint density at radius 1 is 1.09 bits per heavy atom.